The molecule has 1 amide bonds. The minimum atomic E-state index is -0.410. The maximum absolute atomic E-state index is 14.0. The first-order chi connectivity index (χ1) is 16.0. The molecular weight excluding hydrogens is 439 g/mol. The second kappa shape index (κ2) is 10.0. The van der Waals surface area contributed by atoms with E-state index in [9.17, 15) is 14.0 Å². The molecule has 1 heterocycles. The molecule has 6 heteroatoms. The smallest absolute Gasteiger partial charge is 0.264 e. The number of nitrogens with zero attached hydrogens (tertiary/aromatic N) is 1. The largest absolute Gasteiger partial charge is 0.348 e. The fourth-order valence-corrected chi connectivity index (χ4v) is 3.86. The van der Waals surface area contributed by atoms with Gasteiger partial charge >= 0.3 is 0 Å². The second-order valence-corrected chi connectivity index (χ2v) is 8.34. The standard InChI is InChI=1S/C24H18ClFN2O2.C3H6/c1-15-21(23(29)27-14-16-8-5-6-13-20(16)26)18-11-7-12-19(25)22(18)24(30)28(15)17-9-3-2-4-10-17;1-2-3-1/h2-13H,14H2,1H3,(H,27,29);1-3H2. The molecule has 1 N–H and O–H groups in total. The number of pyridine rings is 1. The molecule has 3 aromatic carbocycles. The molecule has 0 radical (unpaired) electrons. The maximum Gasteiger partial charge on any atom is 0.264 e. The number of carbonyl (C=O) groups is 1. The first-order valence-electron chi connectivity index (χ1n) is 10.9. The summed E-state index contributed by atoms with van der Waals surface area (Å²) in [7, 11) is 0. The Balaban J connectivity index is 0.000000799. The van der Waals surface area contributed by atoms with Gasteiger partial charge in [0.2, 0.25) is 0 Å². The van der Waals surface area contributed by atoms with Crippen molar-refractivity contribution in [1.82, 2.24) is 9.88 Å². The summed E-state index contributed by atoms with van der Waals surface area (Å²) < 4.78 is 15.4. The van der Waals surface area contributed by atoms with E-state index in [1.54, 1.807) is 55.5 Å². The summed E-state index contributed by atoms with van der Waals surface area (Å²) in [4.78, 5) is 26.4. The van der Waals surface area contributed by atoms with Crippen LogP contribution in [0.4, 0.5) is 4.39 Å². The van der Waals surface area contributed by atoms with Gasteiger partial charge in [-0.1, -0.05) is 79.4 Å². The quantitative estimate of drug-likeness (QED) is 0.393. The summed E-state index contributed by atoms with van der Waals surface area (Å²) >= 11 is 6.35. The van der Waals surface area contributed by atoms with E-state index < -0.39 is 11.7 Å². The van der Waals surface area contributed by atoms with Crippen molar-refractivity contribution in [2.24, 2.45) is 0 Å². The van der Waals surface area contributed by atoms with Gasteiger partial charge in [-0.05, 0) is 31.2 Å². The average molecular weight is 463 g/mol. The molecule has 1 aliphatic rings. The summed E-state index contributed by atoms with van der Waals surface area (Å²) in [6, 6.07) is 20.3. The Morgan fingerprint density at radius 3 is 2.30 bits per heavy atom. The van der Waals surface area contributed by atoms with Gasteiger partial charge in [0.05, 0.1) is 16.0 Å². The number of rotatable bonds is 4. The lowest BCUT2D eigenvalue weighted by Crippen LogP contribution is -2.29. The summed E-state index contributed by atoms with van der Waals surface area (Å²) in [5, 5.41) is 3.77. The summed E-state index contributed by atoms with van der Waals surface area (Å²) in [6.45, 7) is 1.74. The number of para-hydroxylation sites is 1. The molecule has 0 spiro atoms. The van der Waals surface area contributed by atoms with Crippen molar-refractivity contribution in [2.45, 2.75) is 32.7 Å². The molecule has 1 aromatic heterocycles. The van der Waals surface area contributed by atoms with Crippen molar-refractivity contribution in [3.8, 4) is 5.69 Å². The van der Waals surface area contributed by atoms with E-state index in [-0.39, 0.29) is 22.5 Å². The van der Waals surface area contributed by atoms with Crippen molar-refractivity contribution in [2.75, 3.05) is 0 Å². The highest BCUT2D eigenvalue weighted by atomic mass is 35.5. The third-order valence-electron chi connectivity index (χ3n) is 5.39. The molecule has 1 saturated carbocycles. The van der Waals surface area contributed by atoms with Gasteiger partial charge in [0.15, 0.2) is 0 Å². The Kier molecular flexibility index (Phi) is 6.90. The van der Waals surface area contributed by atoms with E-state index in [2.05, 4.69) is 5.32 Å². The van der Waals surface area contributed by atoms with Crippen LogP contribution in [0.25, 0.3) is 16.5 Å². The third-order valence-corrected chi connectivity index (χ3v) is 5.70. The highest BCUT2D eigenvalue weighted by molar-refractivity contribution is 6.36. The van der Waals surface area contributed by atoms with Gasteiger partial charge in [0.1, 0.15) is 5.82 Å². The topological polar surface area (TPSA) is 51.1 Å². The molecule has 1 aliphatic carbocycles. The van der Waals surface area contributed by atoms with Gasteiger partial charge in [-0.25, -0.2) is 4.39 Å². The van der Waals surface area contributed by atoms with Crippen molar-refractivity contribution in [1.29, 1.82) is 0 Å². The monoisotopic (exact) mass is 462 g/mol. The molecule has 0 saturated heterocycles. The molecule has 0 aliphatic heterocycles. The lowest BCUT2D eigenvalue weighted by molar-refractivity contribution is 0.0951. The molecule has 0 unspecified atom stereocenters. The molecule has 5 rings (SSSR count). The number of hydrogen-bond acceptors (Lipinski definition) is 2. The molecule has 4 nitrogen and oxygen atoms in total. The van der Waals surface area contributed by atoms with Crippen LogP contribution in [-0.4, -0.2) is 10.5 Å². The first-order valence-corrected chi connectivity index (χ1v) is 11.3. The van der Waals surface area contributed by atoms with Gasteiger partial charge in [0, 0.05) is 28.9 Å². The normalized spacial score (nSPS) is 12.1. The van der Waals surface area contributed by atoms with Crippen LogP contribution in [0.5, 0.6) is 0 Å². The average Bonchev–Trinajstić information content (AvgIpc) is 3.69. The second-order valence-electron chi connectivity index (χ2n) is 7.93. The first kappa shape index (κ1) is 22.7. The molecule has 0 bridgehead atoms. The summed E-state index contributed by atoms with van der Waals surface area (Å²) in [5.41, 5.74) is 1.51. The SMILES string of the molecule is C1CC1.Cc1c(C(=O)NCc2ccccc2F)c2cccc(Cl)c2c(=O)n1-c1ccccc1. The highest BCUT2D eigenvalue weighted by Gasteiger charge is 2.21. The maximum atomic E-state index is 14.0. The lowest BCUT2D eigenvalue weighted by atomic mass is 10.0. The number of amides is 1. The van der Waals surface area contributed by atoms with Crippen LogP contribution < -0.4 is 10.9 Å². The number of nitrogens with one attached hydrogen (secondary N) is 1. The molecule has 168 valence electrons. The van der Waals surface area contributed by atoms with Gasteiger partial charge < -0.3 is 5.32 Å². The number of carbonyl (C=O) groups excluding carboxylic acids is 1. The van der Waals surface area contributed by atoms with E-state index in [1.807, 2.05) is 18.2 Å². The number of benzene rings is 3. The van der Waals surface area contributed by atoms with Gasteiger partial charge in [-0.3, -0.25) is 14.2 Å². The van der Waals surface area contributed by atoms with Crippen LogP contribution >= 0.6 is 11.6 Å². The van der Waals surface area contributed by atoms with Crippen LogP contribution in [0.3, 0.4) is 0 Å². The highest BCUT2D eigenvalue weighted by Crippen LogP contribution is 2.27. The summed E-state index contributed by atoms with van der Waals surface area (Å²) in [6.07, 6.45) is 4.50. The van der Waals surface area contributed by atoms with Gasteiger partial charge in [-0.15, -0.1) is 0 Å². The van der Waals surface area contributed by atoms with E-state index >= 15 is 0 Å². The fraction of sp³-hybridized carbons (Fsp3) is 0.185. The summed E-state index contributed by atoms with van der Waals surface area (Å²) in [5.74, 6) is -0.801. The zero-order valence-corrected chi connectivity index (χ0v) is 19.0. The predicted octanol–water partition coefficient (Wildman–Crippen LogP) is 6.19. The number of hydrogen-bond donors (Lipinski definition) is 1. The van der Waals surface area contributed by atoms with Gasteiger partial charge in [-0.2, -0.15) is 0 Å². The van der Waals surface area contributed by atoms with Crippen LogP contribution in [0, 0.1) is 12.7 Å². The van der Waals surface area contributed by atoms with E-state index in [1.165, 1.54) is 29.9 Å². The Bertz CT molecular complexity index is 1360. The molecular formula is C27H24ClFN2O2. The van der Waals surface area contributed by atoms with E-state index in [0.29, 0.717) is 27.9 Å². The molecule has 0 atom stereocenters. The third kappa shape index (κ3) is 4.99. The Morgan fingerprint density at radius 2 is 1.64 bits per heavy atom. The number of aromatic nitrogens is 1. The van der Waals surface area contributed by atoms with Crippen molar-refractivity contribution in [3.05, 3.63) is 111 Å². The van der Waals surface area contributed by atoms with Crippen LogP contribution in [0.15, 0.2) is 77.6 Å². The zero-order chi connectivity index (χ0) is 23.4. The van der Waals surface area contributed by atoms with E-state index in [4.69, 9.17) is 11.6 Å². The number of fused-ring (bicyclic) bond motifs is 1. The zero-order valence-electron chi connectivity index (χ0n) is 18.3. The van der Waals surface area contributed by atoms with E-state index in [0.717, 1.165) is 0 Å². The number of halogens is 2. The van der Waals surface area contributed by atoms with Crippen LogP contribution in [0.2, 0.25) is 5.02 Å². The predicted molar refractivity (Wildman–Crippen MR) is 131 cm³/mol. The Morgan fingerprint density at radius 1 is 0.970 bits per heavy atom. The molecule has 4 aromatic rings. The molecule has 1 fully saturated rings. The fourth-order valence-electron chi connectivity index (χ4n) is 3.60. The van der Waals surface area contributed by atoms with Crippen LogP contribution in [0.1, 0.15) is 40.9 Å². The van der Waals surface area contributed by atoms with Crippen molar-refractivity contribution < 1.29 is 9.18 Å². The minimum Gasteiger partial charge on any atom is -0.348 e. The van der Waals surface area contributed by atoms with Crippen molar-refractivity contribution in [3.63, 3.8) is 0 Å². The van der Waals surface area contributed by atoms with Crippen LogP contribution in [-0.2, 0) is 6.54 Å². The Hall–Kier alpha value is -3.44. The lowest BCUT2D eigenvalue weighted by Gasteiger charge is -2.18. The van der Waals surface area contributed by atoms with Crippen molar-refractivity contribution >= 4 is 28.3 Å². The Labute approximate surface area is 196 Å². The minimum absolute atomic E-state index is 0.0253. The molecule has 33 heavy (non-hydrogen) atoms. The van der Waals surface area contributed by atoms with Gasteiger partial charge in [0.25, 0.3) is 11.5 Å².